The molecule has 152 valence electrons. The minimum atomic E-state index is -0.301. The van der Waals surface area contributed by atoms with E-state index in [-0.39, 0.29) is 11.5 Å². The molecular weight excluding hydrogens is 396 g/mol. The van der Waals surface area contributed by atoms with Gasteiger partial charge in [-0.2, -0.15) is 4.73 Å². The van der Waals surface area contributed by atoms with Gasteiger partial charge in [0.1, 0.15) is 7.11 Å². The summed E-state index contributed by atoms with van der Waals surface area (Å²) in [4.78, 5) is 23.4. The number of carbonyl (C=O) groups is 1. The smallest absolute Gasteiger partial charge is 0.215 e. The number of benzene rings is 2. The first kappa shape index (κ1) is 20.5. The Balaban J connectivity index is 2.16. The SMILES string of the molecule is COc1cc(C(=O)c2c(C)nc(-c3cccc(Cl)c3)n2OC)cc(OC)c1OC. The van der Waals surface area contributed by atoms with E-state index in [1.807, 2.05) is 12.1 Å². The van der Waals surface area contributed by atoms with Crippen LogP contribution >= 0.6 is 11.6 Å². The number of methoxy groups -OCH3 is 3. The maximum absolute atomic E-state index is 13.4. The van der Waals surface area contributed by atoms with Crippen molar-refractivity contribution in [3.05, 3.63) is 58.4 Å². The highest BCUT2D eigenvalue weighted by atomic mass is 35.5. The summed E-state index contributed by atoms with van der Waals surface area (Å²) in [6, 6.07) is 10.4. The first-order valence-electron chi connectivity index (χ1n) is 8.69. The van der Waals surface area contributed by atoms with Crippen LogP contribution in [-0.2, 0) is 0 Å². The molecule has 7 nitrogen and oxygen atoms in total. The zero-order chi connectivity index (χ0) is 21.1. The van der Waals surface area contributed by atoms with Gasteiger partial charge in [0.2, 0.25) is 11.5 Å². The molecule has 1 aromatic heterocycles. The van der Waals surface area contributed by atoms with Crippen LogP contribution in [0.3, 0.4) is 0 Å². The van der Waals surface area contributed by atoms with Crippen LogP contribution in [0.25, 0.3) is 11.4 Å². The number of ketones is 1. The molecule has 0 aliphatic rings. The molecule has 0 spiro atoms. The Hall–Kier alpha value is -3.19. The number of aryl methyl sites for hydroxylation is 1. The zero-order valence-electron chi connectivity index (χ0n) is 16.8. The Morgan fingerprint density at radius 1 is 1.00 bits per heavy atom. The largest absolute Gasteiger partial charge is 0.493 e. The van der Waals surface area contributed by atoms with Gasteiger partial charge >= 0.3 is 0 Å². The molecule has 0 aliphatic carbocycles. The van der Waals surface area contributed by atoms with Gasteiger partial charge in [-0.1, -0.05) is 23.7 Å². The fourth-order valence-corrected chi connectivity index (χ4v) is 3.29. The third kappa shape index (κ3) is 3.73. The van der Waals surface area contributed by atoms with Crippen molar-refractivity contribution in [3.8, 4) is 28.6 Å². The van der Waals surface area contributed by atoms with Crippen molar-refractivity contribution in [2.45, 2.75) is 6.92 Å². The number of halogens is 1. The summed E-state index contributed by atoms with van der Waals surface area (Å²) in [5.74, 6) is 1.34. The molecule has 0 saturated heterocycles. The van der Waals surface area contributed by atoms with E-state index < -0.39 is 0 Å². The van der Waals surface area contributed by atoms with Gasteiger partial charge in [-0.25, -0.2) is 4.98 Å². The first-order chi connectivity index (χ1) is 13.9. The van der Waals surface area contributed by atoms with E-state index in [4.69, 9.17) is 30.6 Å². The predicted molar refractivity (Wildman–Crippen MR) is 109 cm³/mol. The molecule has 8 heteroatoms. The topological polar surface area (TPSA) is 71.8 Å². The standard InChI is InChI=1S/C21H21ClN2O5/c1-12-18(24(29-5)21(23-12)13-7-6-8-15(22)9-13)19(25)14-10-16(26-2)20(28-4)17(11-14)27-3/h6-11H,1-5H3. The van der Waals surface area contributed by atoms with Crippen LogP contribution in [-0.4, -0.2) is 43.9 Å². The highest BCUT2D eigenvalue weighted by Gasteiger charge is 2.26. The Kier molecular flexibility index (Phi) is 5.98. The Morgan fingerprint density at radius 3 is 2.17 bits per heavy atom. The van der Waals surface area contributed by atoms with Crippen LogP contribution in [0, 0.1) is 6.92 Å². The Labute approximate surface area is 173 Å². The van der Waals surface area contributed by atoms with E-state index in [1.54, 1.807) is 31.2 Å². The van der Waals surface area contributed by atoms with Gasteiger partial charge < -0.3 is 19.0 Å². The number of carbonyl (C=O) groups excluding carboxylic acids is 1. The average Bonchev–Trinajstić information content (AvgIpc) is 3.08. The molecule has 2 aromatic carbocycles. The molecule has 0 radical (unpaired) electrons. The predicted octanol–water partition coefficient (Wildman–Crippen LogP) is 3.83. The maximum atomic E-state index is 13.4. The number of hydrogen-bond acceptors (Lipinski definition) is 6. The van der Waals surface area contributed by atoms with Gasteiger partial charge in [0.05, 0.1) is 27.0 Å². The minimum absolute atomic E-state index is 0.289. The van der Waals surface area contributed by atoms with E-state index in [0.29, 0.717) is 39.4 Å². The number of hydrogen-bond donors (Lipinski definition) is 0. The molecule has 0 unspecified atom stereocenters. The number of imidazole rings is 1. The highest BCUT2D eigenvalue weighted by molar-refractivity contribution is 6.30. The van der Waals surface area contributed by atoms with Crippen molar-refractivity contribution in [2.24, 2.45) is 0 Å². The fourth-order valence-electron chi connectivity index (χ4n) is 3.10. The van der Waals surface area contributed by atoms with E-state index in [0.717, 1.165) is 5.56 Å². The Bertz CT molecular complexity index is 1040. The fraction of sp³-hybridized carbons (Fsp3) is 0.238. The molecule has 0 amide bonds. The normalized spacial score (nSPS) is 10.6. The summed E-state index contributed by atoms with van der Waals surface area (Å²) in [6.45, 7) is 1.74. The van der Waals surface area contributed by atoms with Gasteiger partial charge in [0.15, 0.2) is 23.0 Å². The molecule has 0 aliphatic heterocycles. The van der Waals surface area contributed by atoms with Crippen molar-refractivity contribution in [2.75, 3.05) is 28.4 Å². The molecule has 0 atom stereocenters. The second-order valence-corrected chi connectivity index (χ2v) is 6.54. The lowest BCUT2D eigenvalue weighted by Gasteiger charge is -2.14. The number of ether oxygens (including phenoxy) is 3. The molecule has 29 heavy (non-hydrogen) atoms. The van der Waals surface area contributed by atoms with Gasteiger partial charge in [-0.3, -0.25) is 4.79 Å². The van der Waals surface area contributed by atoms with Crippen LogP contribution in [0.1, 0.15) is 21.7 Å². The minimum Gasteiger partial charge on any atom is -0.493 e. The molecule has 0 fully saturated rings. The lowest BCUT2D eigenvalue weighted by molar-refractivity contribution is 0.0978. The van der Waals surface area contributed by atoms with Gasteiger partial charge in [-0.15, -0.1) is 0 Å². The third-order valence-electron chi connectivity index (χ3n) is 4.42. The van der Waals surface area contributed by atoms with E-state index in [2.05, 4.69) is 4.98 Å². The number of rotatable bonds is 7. The Morgan fingerprint density at radius 2 is 1.66 bits per heavy atom. The zero-order valence-corrected chi connectivity index (χ0v) is 17.5. The molecule has 0 N–H and O–H groups in total. The summed E-state index contributed by atoms with van der Waals surface area (Å²) < 4.78 is 17.4. The summed E-state index contributed by atoms with van der Waals surface area (Å²) in [6.07, 6.45) is 0. The van der Waals surface area contributed by atoms with Crippen molar-refractivity contribution >= 4 is 17.4 Å². The van der Waals surface area contributed by atoms with Gasteiger partial charge in [0.25, 0.3) is 0 Å². The lowest BCUT2D eigenvalue weighted by atomic mass is 10.1. The van der Waals surface area contributed by atoms with E-state index >= 15 is 0 Å². The van der Waals surface area contributed by atoms with Crippen LogP contribution in [0.15, 0.2) is 36.4 Å². The molecule has 1 heterocycles. The van der Waals surface area contributed by atoms with Crippen LogP contribution in [0.2, 0.25) is 5.02 Å². The second-order valence-electron chi connectivity index (χ2n) is 6.10. The maximum Gasteiger partial charge on any atom is 0.215 e. The molecular formula is C21H21ClN2O5. The van der Waals surface area contributed by atoms with Crippen LogP contribution < -0.4 is 19.0 Å². The summed E-state index contributed by atoms with van der Waals surface area (Å²) in [7, 11) is 5.96. The average molecular weight is 417 g/mol. The van der Waals surface area contributed by atoms with Crippen molar-refractivity contribution in [1.82, 2.24) is 9.71 Å². The monoisotopic (exact) mass is 416 g/mol. The number of nitrogens with zero attached hydrogens (tertiary/aromatic N) is 2. The summed E-state index contributed by atoms with van der Waals surface area (Å²) in [5, 5.41) is 0.559. The van der Waals surface area contributed by atoms with E-state index in [1.165, 1.54) is 33.2 Å². The van der Waals surface area contributed by atoms with Crippen molar-refractivity contribution in [1.29, 1.82) is 0 Å². The first-order valence-corrected chi connectivity index (χ1v) is 9.07. The van der Waals surface area contributed by atoms with Crippen LogP contribution in [0.5, 0.6) is 17.2 Å². The highest BCUT2D eigenvalue weighted by Crippen LogP contribution is 2.39. The van der Waals surface area contributed by atoms with Gasteiger partial charge in [0, 0.05) is 16.1 Å². The molecule has 0 bridgehead atoms. The van der Waals surface area contributed by atoms with Crippen molar-refractivity contribution in [3.63, 3.8) is 0 Å². The lowest BCUT2D eigenvalue weighted by Crippen LogP contribution is -2.17. The second kappa shape index (κ2) is 8.45. The quantitative estimate of drug-likeness (QED) is 0.545. The molecule has 0 saturated carbocycles. The summed E-state index contributed by atoms with van der Waals surface area (Å²) >= 11 is 6.11. The summed E-state index contributed by atoms with van der Waals surface area (Å²) in [5.41, 5.74) is 1.88. The molecule has 3 rings (SSSR count). The van der Waals surface area contributed by atoms with E-state index in [9.17, 15) is 4.79 Å². The number of aromatic nitrogens is 2. The van der Waals surface area contributed by atoms with Crippen LogP contribution in [0.4, 0.5) is 0 Å². The molecule has 3 aromatic rings. The van der Waals surface area contributed by atoms with Crippen molar-refractivity contribution < 1.29 is 23.8 Å². The third-order valence-corrected chi connectivity index (χ3v) is 4.65. The van der Waals surface area contributed by atoms with Gasteiger partial charge in [-0.05, 0) is 31.2 Å².